The Kier molecular flexibility index (Phi) is 11.5. The van der Waals surface area contributed by atoms with Crippen LogP contribution in [0.25, 0.3) is 0 Å². The molecule has 12 unspecified atom stereocenters. The molecule has 228 valence electrons. The van der Waals surface area contributed by atoms with E-state index in [1.54, 1.807) is 13.0 Å². The third kappa shape index (κ3) is 6.85. The Morgan fingerprint density at radius 3 is 2.45 bits per heavy atom. The van der Waals surface area contributed by atoms with Crippen LogP contribution in [-0.4, -0.2) is 113 Å². The molecule has 3 rings (SSSR count). The van der Waals surface area contributed by atoms with Crippen LogP contribution in [0, 0.1) is 29.6 Å². The molecule has 2 aliphatic heterocycles. The molecular weight excluding hydrogens is 532 g/mol. The Hall–Kier alpha value is -2.10. The summed E-state index contributed by atoms with van der Waals surface area (Å²) in [4.78, 5) is 25.6. The van der Waals surface area contributed by atoms with Crippen LogP contribution in [0.15, 0.2) is 23.5 Å². The van der Waals surface area contributed by atoms with Crippen molar-refractivity contribution in [2.75, 3.05) is 26.9 Å². The van der Waals surface area contributed by atoms with Crippen molar-refractivity contribution in [2.24, 2.45) is 29.6 Å². The molecule has 1 saturated carbocycles. The summed E-state index contributed by atoms with van der Waals surface area (Å²) in [7, 11) is 1.18. The second kappa shape index (κ2) is 14.2. The summed E-state index contributed by atoms with van der Waals surface area (Å²) in [6.07, 6.45) is -6.64. The predicted molar refractivity (Wildman–Crippen MR) is 136 cm³/mol. The molecule has 0 aromatic carbocycles. The molecule has 13 heteroatoms. The van der Waals surface area contributed by atoms with Crippen LogP contribution in [0.1, 0.15) is 33.6 Å². The number of hydrogen-bond acceptors (Lipinski definition) is 13. The first kappa shape index (κ1) is 32.4. The van der Waals surface area contributed by atoms with Crippen LogP contribution in [0.4, 0.5) is 0 Å². The van der Waals surface area contributed by atoms with Gasteiger partial charge in [0.15, 0.2) is 6.29 Å². The van der Waals surface area contributed by atoms with Gasteiger partial charge in [-0.25, -0.2) is 4.79 Å². The molecule has 1 saturated heterocycles. The van der Waals surface area contributed by atoms with E-state index in [4.69, 9.17) is 23.7 Å². The van der Waals surface area contributed by atoms with Gasteiger partial charge in [0, 0.05) is 24.0 Å². The van der Waals surface area contributed by atoms with Crippen molar-refractivity contribution in [1.29, 1.82) is 0 Å². The molecule has 0 amide bonds. The summed E-state index contributed by atoms with van der Waals surface area (Å²) < 4.78 is 27.2. The highest BCUT2D eigenvalue weighted by Gasteiger charge is 2.47. The molecule has 2 fully saturated rings. The number of allylic oxidation sites excluding steroid dienone is 1. The topological polar surface area (TPSA) is 202 Å². The summed E-state index contributed by atoms with van der Waals surface area (Å²) in [5, 5.41) is 60.1. The molecule has 1 aliphatic carbocycles. The van der Waals surface area contributed by atoms with Gasteiger partial charge in [0.25, 0.3) is 0 Å². The van der Waals surface area contributed by atoms with Crippen molar-refractivity contribution in [3.8, 4) is 0 Å². The quantitative estimate of drug-likeness (QED) is 0.137. The summed E-state index contributed by atoms with van der Waals surface area (Å²) in [6.45, 7) is 4.70. The molecule has 0 aromatic rings. The summed E-state index contributed by atoms with van der Waals surface area (Å²) >= 11 is 0. The number of hydrogen-bond donors (Lipinski definition) is 6. The fourth-order valence-electron chi connectivity index (χ4n) is 5.92. The number of carbonyl (C=O) groups is 2. The number of methoxy groups -OCH3 is 1. The Labute approximate surface area is 232 Å². The van der Waals surface area contributed by atoms with Gasteiger partial charge in [-0.15, -0.1) is 0 Å². The average Bonchev–Trinajstić information content (AvgIpc) is 3.23. The Bertz CT molecular complexity index is 929. The Balaban J connectivity index is 1.75. The molecule has 40 heavy (non-hydrogen) atoms. The van der Waals surface area contributed by atoms with E-state index in [1.807, 2.05) is 13.8 Å². The number of carbonyl (C=O) groups excluding carboxylic acids is 2. The number of esters is 2. The van der Waals surface area contributed by atoms with Crippen LogP contribution < -0.4 is 0 Å². The molecule has 0 aromatic heterocycles. The van der Waals surface area contributed by atoms with Crippen molar-refractivity contribution in [3.05, 3.63) is 23.5 Å². The number of ether oxygens (including phenoxy) is 5. The van der Waals surface area contributed by atoms with Gasteiger partial charge in [0.2, 0.25) is 6.29 Å². The Morgan fingerprint density at radius 2 is 1.85 bits per heavy atom. The van der Waals surface area contributed by atoms with E-state index in [2.05, 4.69) is 0 Å². The monoisotopic (exact) mass is 574 g/mol. The number of aliphatic hydroxyl groups excluding tert-OH is 6. The largest absolute Gasteiger partial charge is 0.468 e. The minimum atomic E-state index is -1.69. The minimum Gasteiger partial charge on any atom is -0.468 e. The number of rotatable bonds is 10. The normalized spacial score (nSPS) is 39.8. The lowest BCUT2D eigenvalue weighted by Gasteiger charge is -2.41. The molecule has 0 spiro atoms. The maximum Gasteiger partial charge on any atom is 0.337 e. The van der Waals surface area contributed by atoms with Gasteiger partial charge in [0.1, 0.15) is 24.4 Å². The van der Waals surface area contributed by atoms with Gasteiger partial charge >= 0.3 is 11.9 Å². The van der Waals surface area contributed by atoms with E-state index in [-0.39, 0.29) is 48.9 Å². The summed E-state index contributed by atoms with van der Waals surface area (Å²) in [6, 6.07) is 0. The lowest BCUT2D eigenvalue weighted by molar-refractivity contribution is -0.327. The van der Waals surface area contributed by atoms with Crippen molar-refractivity contribution in [3.63, 3.8) is 0 Å². The lowest BCUT2D eigenvalue weighted by Crippen LogP contribution is -2.60. The van der Waals surface area contributed by atoms with E-state index >= 15 is 0 Å². The van der Waals surface area contributed by atoms with E-state index in [0.717, 1.165) is 6.26 Å². The van der Waals surface area contributed by atoms with Gasteiger partial charge in [-0.3, -0.25) is 4.79 Å². The summed E-state index contributed by atoms with van der Waals surface area (Å²) in [5.74, 6) is -2.77. The molecule has 0 radical (unpaired) electrons. The predicted octanol–water partition coefficient (Wildman–Crippen LogP) is -1.03. The zero-order chi connectivity index (χ0) is 29.7. The van der Waals surface area contributed by atoms with Gasteiger partial charge in [-0.1, -0.05) is 19.9 Å². The maximum atomic E-state index is 13.1. The zero-order valence-corrected chi connectivity index (χ0v) is 23.2. The Morgan fingerprint density at radius 1 is 1.15 bits per heavy atom. The standard InChI is InChI=1S/C27H42O13/c1-5-14-15(7-20(31)37-10-16-12(2)6-18(30)21(16)13(3)8-28)17(25(35)36-4)11-38-26(14)40-27-24(34)23(33)22(32)19(9-29)39-27/h5,11-13,15-16,18-19,21-24,26-30,32-34H,6-10H2,1-4H3. The molecule has 13 nitrogen and oxygen atoms in total. The highest BCUT2D eigenvalue weighted by atomic mass is 16.8. The van der Waals surface area contributed by atoms with E-state index in [1.165, 1.54) is 7.11 Å². The molecule has 0 bridgehead atoms. The zero-order valence-electron chi connectivity index (χ0n) is 23.2. The van der Waals surface area contributed by atoms with E-state index < -0.39 is 67.6 Å². The van der Waals surface area contributed by atoms with Gasteiger partial charge < -0.3 is 54.3 Å². The van der Waals surface area contributed by atoms with E-state index in [9.17, 15) is 40.2 Å². The molecule has 12 atom stereocenters. The van der Waals surface area contributed by atoms with Crippen LogP contribution in [0.5, 0.6) is 0 Å². The molecular formula is C27H42O13. The first-order valence-corrected chi connectivity index (χ1v) is 13.5. The second-order valence-corrected chi connectivity index (χ2v) is 10.8. The van der Waals surface area contributed by atoms with Gasteiger partial charge in [0.05, 0.1) is 44.7 Å². The maximum absolute atomic E-state index is 13.1. The van der Waals surface area contributed by atoms with Crippen molar-refractivity contribution in [2.45, 2.75) is 76.7 Å². The van der Waals surface area contributed by atoms with Crippen molar-refractivity contribution in [1.82, 2.24) is 0 Å². The molecule has 6 N–H and O–H groups in total. The van der Waals surface area contributed by atoms with Crippen LogP contribution in [0.2, 0.25) is 0 Å². The highest BCUT2D eigenvalue weighted by Crippen LogP contribution is 2.42. The fourth-order valence-corrected chi connectivity index (χ4v) is 5.92. The average molecular weight is 575 g/mol. The first-order chi connectivity index (χ1) is 19.0. The highest BCUT2D eigenvalue weighted by molar-refractivity contribution is 5.90. The molecule has 3 aliphatic rings. The summed E-state index contributed by atoms with van der Waals surface area (Å²) in [5.41, 5.74) is 0.339. The minimum absolute atomic E-state index is 0.0256. The molecule has 2 heterocycles. The van der Waals surface area contributed by atoms with Crippen LogP contribution in [-0.2, 0) is 33.3 Å². The SMILES string of the molecule is CC=C1C(OC2OC(CO)C(O)C(O)C2O)OC=C(C(=O)OC)C1CC(=O)OCC1C(C)CC(O)C1C(C)CO. The van der Waals surface area contributed by atoms with Crippen molar-refractivity contribution < 1.29 is 63.9 Å². The third-order valence-corrected chi connectivity index (χ3v) is 8.26. The van der Waals surface area contributed by atoms with Crippen LogP contribution in [0.3, 0.4) is 0 Å². The lowest BCUT2D eigenvalue weighted by atomic mass is 9.82. The smallest absolute Gasteiger partial charge is 0.337 e. The van der Waals surface area contributed by atoms with Gasteiger partial charge in [-0.2, -0.15) is 0 Å². The second-order valence-electron chi connectivity index (χ2n) is 10.8. The fraction of sp³-hybridized carbons (Fsp3) is 0.778. The number of aliphatic hydroxyl groups is 6. The van der Waals surface area contributed by atoms with Gasteiger partial charge in [-0.05, 0) is 31.1 Å². The first-order valence-electron chi connectivity index (χ1n) is 13.5. The van der Waals surface area contributed by atoms with E-state index in [0.29, 0.717) is 12.0 Å². The third-order valence-electron chi connectivity index (χ3n) is 8.26. The van der Waals surface area contributed by atoms with Crippen molar-refractivity contribution >= 4 is 11.9 Å². The van der Waals surface area contributed by atoms with Crippen LogP contribution >= 0.6 is 0 Å².